The maximum absolute atomic E-state index is 12.1. The first-order valence-corrected chi connectivity index (χ1v) is 47.0. The molecule has 1 saturated heterocycles. The molecule has 2 aromatic heterocycles. The van der Waals surface area contributed by atoms with Crippen LogP contribution in [0.3, 0.4) is 0 Å². The predicted molar refractivity (Wildman–Crippen MR) is 620 cm³/mol. The molecule has 0 aliphatic carbocycles. The molecule has 1 radical (unpaired) electrons. The largest absolute Gasteiger partial charge is 4.00 e. The molecule has 9 aromatic carbocycles. The number of fused-ring (bicyclic) bond motifs is 4. The van der Waals surface area contributed by atoms with E-state index in [-0.39, 0.29) is 172 Å². The number of aliphatic imine (C=N–C) groups is 2. The zero-order valence-corrected chi connectivity index (χ0v) is 105. The Hall–Kier alpha value is -8.22. The Morgan fingerprint density at radius 3 is 0.993 bits per heavy atom. The number of guanidine groups is 3. The minimum absolute atomic E-state index is 0. The molecule has 0 saturated carbocycles. The molecular weight excluding hydrogens is 2060 g/mol. The molecule has 0 unspecified atom stereocenters. The van der Waals surface area contributed by atoms with Gasteiger partial charge in [-0.15, -0.1) is 11.0 Å². The van der Waals surface area contributed by atoms with Crippen LogP contribution < -0.4 is 20.4 Å². The number of benzene rings is 9. The minimum atomic E-state index is 0. The third kappa shape index (κ3) is 42.3. The molecule has 0 spiro atoms. The van der Waals surface area contributed by atoms with Gasteiger partial charge in [-0.05, 0) is 242 Å². The van der Waals surface area contributed by atoms with Gasteiger partial charge in [0.15, 0.2) is 0 Å². The summed E-state index contributed by atoms with van der Waals surface area (Å²) in [6.45, 7) is 59.5. The molecule has 1 aliphatic rings. The van der Waals surface area contributed by atoms with Crippen molar-refractivity contribution in [2.24, 2.45) is 9.98 Å². The van der Waals surface area contributed by atoms with Crippen LogP contribution in [0, 0.1) is 59.4 Å². The van der Waals surface area contributed by atoms with Crippen molar-refractivity contribution < 1.29 is 101 Å². The maximum Gasteiger partial charge on any atom is 4.00 e. The molecule has 1 fully saturated rings. The van der Waals surface area contributed by atoms with Crippen LogP contribution in [0.5, 0.6) is 5.75 Å². The Morgan fingerprint density at radius 2 is 0.725 bits per heavy atom. The summed E-state index contributed by atoms with van der Waals surface area (Å²) in [5.74, 6) is 7.00. The second-order valence-electron chi connectivity index (χ2n) is 38.1. The van der Waals surface area contributed by atoms with Gasteiger partial charge in [-0.2, -0.15) is 0 Å². The fourth-order valence-electron chi connectivity index (χ4n) is 15.9. The van der Waals surface area contributed by atoms with Crippen LogP contribution in [-0.4, -0.2) is 159 Å². The molecule has 1 N–H and O–H groups in total. The first kappa shape index (κ1) is 149. The second kappa shape index (κ2) is 72.1. The van der Waals surface area contributed by atoms with Gasteiger partial charge in [-0.3, -0.25) is 0 Å². The fourth-order valence-corrected chi connectivity index (χ4v) is 15.9. The number of hydrogen-bond acceptors (Lipinski definition) is 3. The summed E-state index contributed by atoms with van der Waals surface area (Å²) in [7, 11) is 16.8. The van der Waals surface area contributed by atoms with E-state index in [1.165, 1.54) is 60.8 Å². The SMILES string of the molecule is CC(C)c1cccc(C(C)C)c1-n1c(=[N-])n(-c2c(C(C)C)cccc2C(C)C)c2ccccc21.CC(C)c1cccc(C(C)C)c1N(C)C(=[N-])N(C)C.CC(C)c1cccc(C(C)C)c1O.CCCN(C)C(=[N-])N(C)c1c(C(C)C)cccc1C(C)C.CC[N-]C(C)=NC(C)(C)C.CN1CCN(C)C1=[N-].CN=C(Cc1ccccc1)[N-]C.[CH3-].[CH3-].[CH3-].[CH3-].[CH3-].[CH3-].[CH3-].[CH3-].[Hf+4].[Ti+4].[Ti+4].[Zr+3].c1ccc2c(c1)[n-]c1ccccc12. The zero-order chi connectivity index (χ0) is 97.5. The number of aromatic hydroxyl groups is 1. The van der Waals surface area contributed by atoms with Crippen molar-refractivity contribution in [1.29, 1.82) is 0 Å². The number of likely N-dealkylation sites (N-methyl/N-ethyl adjacent to an activating group) is 3. The number of amidine groups is 2. The van der Waals surface area contributed by atoms with Gasteiger partial charge in [0.25, 0.3) is 0 Å². The fraction of sp³-hybridized carbons (Fsp3) is 0.433. The summed E-state index contributed by atoms with van der Waals surface area (Å²) in [5, 5.41) is 62.5. The van der Waals surface area contributed by atoms with Crippen molar-refractivity contribution in [1.82, 2.24) is 33.7 Å². The smallest absolute Gasteiger partial charge is 0.657 e. The minimum Gasteiger partial charge on any atom is -0.657 e. The number of hydrogen-bond donors (Lipinski definition) is 1. The molecule has 0 atom stereocenters. The van der Waals surface area contributed by atoms with E-state index in [2.05, 4.69) is 346 Å². The molecule has 1 aliphatic heterocycles. The van der Waals surface area contributed by atoms with Gasteiger partial charge < -0.3 is 150 Å². The first-order valence-electron chi connectivity index (χ1n) is 47.0. The van der Waals surface area contributed by atoms with E-state index in [0.717, 1.165) is 107 Å². The summed E-state index contributed by atoms with van der Waals surface area (Å²) in [6, 6.07) is 67.0. The summed E-state index contributed by atoms with van der Waals surface area (Å²) < 4.78 is 4.17. The van der Waals surface area contributed by atoms with E-state index in [9.17, 15) is 21.3 Å². The van der Waals surface area contributed by atoms with Crippen LogP contribution in [0.25, 0.3) is 76.5 Å². The summed E-state index contributed by atoms with van der Waals surface area (Å²) in [6.07, 6.45) is 1.84. The van der Waals surface area contributed by atoms with Crippen molar-refractivity contribution in [2.45, 2.75) is 258 Å². The molecule has 0 bridgehead atoms. The number of rotatable bonds is 19. The van der Waals surface area contributed by atoms with Crippen molar-refractivity contribution >= 4 is 73.8 Å². The first-order chi connectivity index (χ1) is 61.2. The molecule has 11 aromatic rings. The molecule has 142 heavy (non-hydrogen) atoms. The topological polar surface area (TPSA) is 206 Å². The van der Waals surface area contributed by atoms with Crippen LogP contribution in [0.15, 0.2) is 204 Å². The van der Waals surface area contributed by atoms with Crippen molar-refractivity contribution in [2.75, 3.05) is 99.4 Å². The van der Waals surface area contributed by atoms with Gasteiger partial charge in [-0.25, -0.2) is 0 Å². The van der Waals surface area contributed by atoms with E-state index in [0.29, 0.717) is 76.8 Å². The average molecular weight is 2250 g/mol. The summed E-state index contributed by atoms with van der Waals surface area (Å²) in [4.78, 5) is 24.0. The Kier molecular flexibility index (Phi) is 75.7. The number of anilines is 2. The van der Waals surface area contributed by atoms with E-state index >= 15 is 0 Å². The third-order valence-corrected chi connectivity index (χ3v) is 22.9. The van der Waals surface area contributed by atoms with Crippen molar-refractivity contribution in [3.63, 3.8) is 0 Å². The van der Waals surface area contributed by atoms with Crippen LogP contribution >= 0.6 is 0 Å². The van der Waals surface area contributed by atoms with Crippen molar-refractivity contribution in [3.05, 3.63) is 353 Å². The van der Waals surface area contributed by atoms with Crippen LogP contribution in [0.2, 0.25) is 0 Å². The summed E-state index contributed by atoms with van der Waals surface area (Å²) >= 11 is 0. The van der Waals surface area contributed by atoms with Crippen molar-refractivity contribution in [3.8, 4) is 17.1 Å². The normalized spacial score (nSPS) is 11.1. The quantitative estimate of drug-likeness (QED) is 0.0356. The third-order valence-electron chi connectivity index (χ3n) is 22.9. The van der Waals surface area contributed by atoms with E-state index in [1.807, 2.05) is 136 Å². The van der Waals surface area contributed by atoms with E-state index in [4.69, 9.17) is 5.41 Å². The molecular formula is C120H184HfN17OTi2Zr. The second-order valence-corrected chi connectivity index (χ2v) is 38.1. The number of phenolic OH excluding ortho intramolecular Hbond substituents is 1. The predicted octanol–water partition coefficient (Wildman–Crippen LogP) is 31.7. The molecule has 771 valence electrons. The standard InChI is InChI=1S/C31H38N3.C18H30N3.C16H26N3.C12H8N.C12H18O.C10H13N2.C8H17N2.C5H10N3.8CH3.Hf.2Ti.Zr/c1-19(2)23-13-11-14-24(20(3)4)29(23)33-27-17-9-10-18-28(27)34(31(33)32)30-25(21(5)6)15-12-16-26(30)22(7)8;1-8-12-20(6)18(19)21(7)17-15(13(2)3)10-9-11-16(17)14(4)5;1-11(2)13-9-8-10-14(12(3)4)15(13)19(7)16(17)18(5)6;1-3-7-11-9(5-1)10-6-2-4-8-12(10)13-11;1-8(2)10-6-5-7-11(9(3)4)12(10)13;1-11-10(12-2)8-9-6-4-3-5-7-9;1-6-9-7(2)10-8(3,4)5;1-7-3-4-8(2)5(7)6;;;;;;;;;;;;/h9-22H,1-8H3;9-11,13-14H,8,12H2,1-7H3;8-12H,1-7H3;1-8H;5-9,13H,1-4H3;3-7H,8H2,1-2H3;6H2,1-5H3;3-4H2,1-2H3;8*1H3;;;;/q4*-1;;11*-1;3*+4;+3. The Bertz CT molecular complexity index is 5220. The van der Waals surface area contributed by atoms with Crippen LogP contribution in [0.4, 0.5) is 11.4 Å². The maximum atomic E-state index is 12.1. The van der Waals surface area contributed by atoms with Gasteiger partial charge in [-0.1, -0.05) is 406 Å². The average Bonchev–Trinajstić information content (AvgIpc) is 1.57. The van der Waals surface area contributed by atoms with Gasteiger partial charge >= 0.3 is 95.5 Å². The van der Waals surface area contributed by atoms with Gasteiger partial charge in [0.1, 0.15) is 5.75 Å². The van der Waals surface area contributed by atoms with Crippen LogP contribution in [0.1, 0.15) is 307 Å². The number of nitrogens with zero attached hydrogens (tertiary/aromatic N) is 17. The number of phenols is 1. The number of imidazole rings is 1. The van der Waals surface area contributed by atoms with E-state index in [1.54, 1.807) is 19.0 Å². The molecule has 0 amide bonds. The zero-order valence-electron chi connectivity index (χ0n) is 96.0. The molecule has 22 heteroatoms. The van der Waals surface area contributed by atoms with Crippen LogP contribution in [-0.2, 0) is 102 Å². The number of aromatic nitrogens is 3. The van der Waals surface area contributed by atoms with Gasteiger partial charge in [0, 0.05) is 34.5 Å². The Balaban J connectivity index is -0.000000247. The monoisotopic (exact) mass is 2250 g/mol. The van der Waals surface area contributed by atoms with Gasteiger partial charge in [0.2, 0.25) is 0 Å². The Labute approximate surface area is 936 Å². The summed E-state index contributed by atoms with van der Waals surface area (Å²) in [5.41, 5.74) is 22.4. The Morgan fingerprint density at radius 1 is 0.437 bits per heavy atom. The molecule has 3 heterocycles. The number of para-hydroxylation sites is 9. The molecule has 12 rings (SSSR count). The van der Waals surface area contributed by atoms with Gasteiger partial charge in [0.05, 0.1) is 0 Å². The van der Waals surface area contributed by atoms with E-state index < -0.39 is 0 Å². The molecule has 18 nitrogen and oxygen atoms in total.